The van der Waals surface area contributed by atoms with E-state index in [1.807, 2.05) is 0 Å². The Morgan fingerprint density at radius 3 is 2.37 bits per heavy atom. The Hall–Kier alpha value is -4.08. The second kappa shape index (κ2) is 7.39. The average molecular weight is 410 g/mol. The maximum atomic E-state index is 13.3. The number of benzene rings is 2. The zero-order valence-corrected chi connectivity index (χ0v) is 15.2. The summed E-state index contributed by atoms with van der Waals surface area (Å²) in [6, 6.07) is 9.79. The molecule has 0 aliphatic rings. The van der Waals surface area contributed by atoms with E-state index >= 15 is 0 Å². The van der Waals surface area contributed by atoms with Crippen LogP contribution in [0.4, 0.5) is 13.2 Å². The summed E-state index contributed by atoms with van der Waals surface area (Å²) in [5, 5.41) is 20.6. The molecule has 0 saturated carbocycles. The summed E-state index contributed by atoms with van der Waals surface area (Å²) in [5.74, 6) is -0.144. The van der Waals surface area contributed by atoms with Crippen molar-refractivity contribution < 1.29 is 17.9 Å². The lowest BCUT2D eigenvalue weighted by atomic mass is 10.0. The highest BCUT2D eigenvalue weighted by atomic mass is 19.4. The maximum Gasteiger partial charge on any atom is 0.416 e. The van der Waals surface area contributed by atoms with Crippen molar-refractivity contribution in [3.8, 4) is 22.8 Å². The van der Waals surface area contributed by atoms with Crippen LogP contribution in [0.5, 0.6) is 11.6 Å². The van der Waals surface area contributed by atoms with Gasteiger partial charge in [-0.15, -0.1) is 5.10 Å². The molecule has 0 aliphatic carbocycles. The highest BCUT2D eigenvalue weighted by Gasteiger charge is 2.31. The normalized spacial score (nSPS) is 11.4. The third-order valence-corrected chi connectivity index (χ3v) is 4.35. The van der Waals surface area contributed by atoms with Gasteiger partial charge in [-0.05, 0) is 24.3 Å². The highest BCUT2D eigenvalue weighted by Crippen LogP contribution is 2.39. The largest absolute Gasteiger partial charge is 0.436 e. The second-order valence-electron chi connectivity index (χ2n) is 6.21. The number of aromatic nitrogens is 4. The molecule has 0 fully saturated rings. The average Bonchev–Trinajstić information content (AvgIpc) is 2.75. The van der Waals surface area contributed by atoms with E-state index in [0.29, 0.717) is 21.9 Å². The number of ether oxygens (including phenoxy) is 1. The minimum atomic E-state index is -4.57. The van der Waals surface area contributed by atoms with Crippen LogP contribution in [0.15, 0.2) is 61.2 Å². The molecule has 2 aromatic carbocycles. The smallest absolute Gasteiger partial charge is 0.416 e. The first-order chi connectivity index (χ1) is 14.4. The lowest BCUT2D eigenvalue weighted by molar-refractivity contribution is -0.137. The van der Waals surface area contributed by atoms with Gasteiger partial charge in [0.2, 0.25) is 5.88 Å². The topological polar surface area (TPSA) is 101 Å². The van der Waals surface area contributed by atoms with Crippen molar-refractivity contribution in [3.05, 3.63) is 72.2 Å². The molecule has 4 aromatic rings. The number of rotatable bonds is 4. The summed E-state index contributed by atoms with van der Waals surface area (Å²) in [6.07, 6.45) is 0.472. The second-order valence-corrected chi connectivity index (χ2v) is 6.21. The molecule has 30 heavy (non-hydrogen) atoms. The van der Waals surface area contributed by atoms with E-state index < -0.39 is 11.7 Å². The van der Waals surface area contributed by atoms with Gasteiger partial charge in [-0.3, -0.25) is 10.8 Å². The molecule has 0 atom stereocenters. The van der Waals surface area contributed by atoms with E-state index in [2.05, 4.69) is 15.1 Å². The van der Waals surface area contributed by atoms with Crippen LogP contribution in [-0.2, 0) is 6.18 Å². The van der Waals surface area contributed by atoms with Gasteiger partial charge in [0, 0.05) is 34.3 Å². The Morgan fingerprint density at radius 2 is 1.70 bits per heavy atom. The fourth-order valence-electron chi connectivity index (χ4n) is 2.93. The molecule has 0 amide bonds. The van der Waals surface area contributed by atoms with Crippen molar-refractivity contribution >= 4 is 17.1 Å². The third kappa shape index (κ3) is 3.50. The summed E-state index contributed by atoms with van der Waals surface area (Å²) in [5.41, 5.74) is -0.137. The van der Waals surface area contributed by atoms with Gasteiger partial charge < -0.3 is 4.74 Å². The van der Waals surface area contributed by atoms with Gasteiger partial charge in [-0.1, -0.05) is 18.2 Å². The van der Waals surface area contributed by atoms with Gasteiger partial charge in [0.05, 0.1) is 5.56 Å². The van der Waals surface area contributed by atoms with E-state index in [1.54, 1.807) is 24.3 Å². The van der Waals surface area contributed by atoms with Gasteiger partial charge in [0.25, 0.3) is 0 Å². The van der Waals surface area contributed by atoms with Gasteiger partial charge in [0.1, 0.15) is 18.4 Å². The van der Waals surface area contributed by atoms with E-state index in [-0.39, 0.29) is 17.1 Å². The highest BCUT2D eigenvalue weighted by molar-refractivity contribution is 5.87. The molecule has 7 nitrogen and oxygen atoms in total. The van der Waals surface area contributed by atoms with Crippen LogP contribution in [0, 0.1) is 10.8 Å². The quantitative estimate of drug-likeness (QED) is 0.388. The third-order valence-electron chi connectivity index (χ3n) is 4.35. The predicted molar refractivity (Wildman–Crippen MR) is 102 cm³/mol. The summed E-state index contributed by atoms with van der Waals surface area (Å²) < 4.78 is 46.7. The van der Waals surface area contributed by atoms with Crippen molar-refractivity contribution in [2.24, 2.45) is 0 Å². The van der Waals surface area contributed by atoms with Crippen LogP contribution in [0.1, 0.15) is 5.56 Å². The molecule has 150 valence electrons. The van der Waals surface area contributed by atoms with Crippen LogP contribution >= 0.6 is 0 Å². The molecule has 2 N–H and O–H groups in total. The Morgan fingerprint density at radius 1 is 1.00 bits per heavy atom. The van der Waals surface area contributed by atoms with Crippen molar-refractivity contribution in [1.82, 2.24) is 19.7 Å². The zero-order valence-electron chi connectivity index (χ0n) is 15.2. The molecule has 4 rings (SSSR count). The number of hydrogen-bond donors (Lipinski definition) is 2. The van der Waals surface area contributed by atoms with Crippen molar-refractivity contribution in [1.29, 1.82) is 10.8 Å². The van der Waals surface area contributed by atoms with Crippen molar-refractivity contribution in [2.75, 3.05) is 0 Å². The zero-order chi connectivity index (χ0) is 21.3. The Balaban J connectivity index is 1.94. The first-order valence-corrected chi connectivity index (χ1v) is 8.59. The molecule has 0 saturated heterocycles. The van der Waals surface area contributed by atoms with E-state index in [1.165, 1.54) is 24.8 Å². The van der Waals surface area contributed by atoms with Crippen molar-refractivity contribution in [2.45, 2.75) is 6.18 Å². The summed E-state index contributed by atoms with van der Waals surface area (Å²) >= 11 is 0. The molecular formula is C20H13F3N6O. The summed E-state index contributed by atoms with van der Waals surface area (Å²) in [4.78, 5) is 7.81. The lowest BCUT2D eigenvalue weighted by Crippen LogP contribution is -2.23. The number of nitrogens with zero attached hydrogens (tertiary/aromatic N) is 4. The van der Waals surface area contributed by atoms with E-state index in [0.717, 1.165) is 23.2 Å². The number of halogens is 3. The standard InChI is InChI=1S/C20H13F3N6O/c21-20(22,23)13-5-6-14(12-8-26-11-27-9-12)17(7-13)30-19-16-4-2-1-3-15(16)18(25)29(10-24)28-19/h1-11,24-25H. The minimum absolute atomic E-state index is 0.0393. The lowest BCUT2D eigenvalue weighted by Gasteiger charge is -2.15. The molecule has 0 bridgehead atoms. The number of fused-ring (bicyclic) bond motifs is 1. The molecular weight excluding hydrogens is 397 g/mol. The Labute approximate surface area is 167 Å². The molecule has 2 heterocycles. The fraction of sp³-hybridized carbons (Fsp3) is 0.0500. The summed E-state index contributed by atoms with van der Waals surface area (Å²) in [6.45, 7) is 0. The van der Waals surface area contributed by atoms with Crippen LogP contribution in [0.25, 0.3) is 21.9 Å². The fourth-order valence-corrected chi connectivity index (χ4v) is 2.93. The SMILES string of the molecule is N=Cn1nc(Oc2cc(C(F)(F)F)ccc2-c2cncnc2)c2ccccc2c1=N. The number of hydrogen-bond acceptors (Lipinski definition) is 6. The molecule has 2 aromatic heterocycles. The van der Waals surface area contributed by atoms with E-state index in [4.69, 9.17) is 15.6 Å². The van der Waals surface area contributed by atoms with E-state index in [9.17, 15) is 13.2 Å². The molecule has 10 heteroatoms. The predicted octanol–water partition coefficient (Wildman–Crippen LogP) is 4.24. The van der Waals surface area contributed by atoms with Crippen LogP contribution < -0.4 is 10.2 Å². The maximum absolute atomic E-state index is 13.3. The molecule has 0 radical (unpaired) electrons. The number of nitrogens with one attached hydrogen (secondary N) is 2. The molecule has 0 spiro atoms. The first kappa shape index (κ1) is 19.2. The monoisotopic (exact) mass is 410 g/mol. The molecule has 0 aliphatic heterocycles. The van der Waals surface area contributed by atoms with Crippen LogP contribution in [0.2, 0.25) is 0 Å². The first-order valence-electron chi connectivity index (χ1n) is 8.59. The Kier molecular flexibility index (Phi) is 4.74. The van der Waals surface area contributed by atoms with Gasteiger partial charge in [0.15, 0.2) is 5.49 Å². The van der Waals surface area contributed by atoms with Crippen molar-refractivity contribution in [3.63, 3.8) is 0 Å². The minimum Gasteiger partial charge on any atom is -0.436 e. The Bertz CT molecular complexity index is 1300. The van der Waals surface area contributed by atoms with Gasteiger partial charge >= 0.3 is 6.18 Å². The van der Waals surface area contributed by atoms with Gasteiger partial charge in [-0.25, -0.2) is 14.6 Å². The van der Waals surface area contributed by atoms with Gasteiger partial charge in [-0.2, -0.15) is 13.2 Å². The molecule has 0 unspecified atom stereocenters. The number of alkyl halides is 3. The van der Waals surface area contributed by atoms with Crippen LogP contribution in [0.3, 0.4) is 0 Å². The summed E-state index contributed by atoms with van der Waals surface area (Å²) in [7, 11) is 0. The van der Waals surface area contributed by atoms with Crippen LogP contribution in [-0.4, -0.2) is 26.1 Å².